The van der Waals surface area contributed by atoms with Crippen LogP contribution in [0.15, 0.2) is 107 Å². The largest absolute Gasteiger partial charge is 0.439 e. The van der Waals surface area contributed by atoms with E-state index in [1.807, 2.05) is 42.5 Å². The van der Waals surface area contributed by atoms with Crippen LogP contribution < -0.4 is 4.18 Å². The summed E-state index contributed by atoms with van der Waals surface area (Å²) in [7, 11) is -1.96. The van der Waals surface area contributed by atoms with Crippen LogP contribution in [-0.4, -0.2) is 11.0 Å². The highest BCUT2D eigenvalue weighted by atomic mass is 32.3. The highest BCUT2D eigenvalue weighted by Crippen LogP contribution is 2.70. The Kier molecular flexibility index (Phi) is 5.40. The van der Waals surface area contributed by atoms with Crippen LogP contribution in [0, 0.1) is 0 Å². The van der Waals surface area contributed by atoms with Gasteiger partial charge in [-0.25, -0.2) is 0 Å². The summed E-state index contributed by atoms with van der Waals surface area (Å²) < 4.78 is 6.92. The van der Waals surface area contributed by atoms with Crippen molar-refractivity contribution in [2.45, 2.75) is 35.3 Å². The molecule has 0 spiro atoms. The van der Waals surface area contributed by atoms with Crippen LogP contribution in [0.3, 0.4) is 0 Å². The van der Waals surface area contributed by atoms with E-state index in [-0.39, 0.29) is 4.75 Å². The first-order valence-electron chi connectivity index (χ1n) is 10.1. The van der Waals surface area contributed by atoms with Gasteiger partial charge in [-0.15, -0.1) is 0 Å². The van der Waals surface area contributed by atoms with Crippen molar-refractivity contribution in [3.05, 3.63) is 103 Å². The summed E-state index contributed by atoms with van der Waals surface area (Å²) in [5.74, 6) is 0.743. The molecule has 0 aliphatic carbocycles. The number of aldehydes is 1. The van der Waals surface area contributed by atoms with E-state index in [1.165, 1.54) is 0 Å². The maximum atomic E-state index is 11.7. The third kappa shape index (κ3) is 3.50. The van der Waals surface area contributed by atoms with Crippen LogP contribution in [0.25, 0.3) is 10.8 Å². The van der Waals surface area contributed by atoms with E-state index in [0.717, 1.165) is 32.6 Å². The van der Waals surface area contributed by atoms with Gasteiger partial charge in [-0.1, -0.05) is 60.7 Å². The average molecular weight is 415 g/mol. The Morgan fingerprint density at radius 2 is 1.27 bits per heavy atom. The Hall–Kier alpha value is -3.04. The molecule has 0 saturated carbocycles. The lowest BCUT2D eigenvalue weighted by molar-refractivity contribution is 0.112. The molecule has 2 nitrogen and oxygen atoms in total. The number of hydrogen-bond donors (Lipinski definition) is 0. The SMILES string of the molecule is CC(C)(C)S(Oc1cc(C=O)cc2ccccc12)(c1ccccc1)c1ccccc1. The van der Waals surface area contributed by atoms with Gasteiger partial charge >= 0.3 is 0 Å². The minimum absolute atomic E-state index is 0.200. The van der Waals surface area contributed by atoms with Crippen molar-refractivity contribution in [2.75, 3.05) is 0 Å². The molecule has 0 bridgehead atoms. The average Bonchev–Trinajstić information content (AvgIpc) is 2.77. The summed E-state index contributed by atoms with van der Waals surface area (Å²) >= 11 is 0. The third-order valence-corrected chi connectivity index (χ3v) is 9.24. The van der Waals surface area contributed by atoms with Gasteiger partial charge in [0.25, 0.3) is 0 Å². The van der Waals surface area contributed by atoms with Gasteiger partial charge in [-0.3, -0.25) is 4.79 Å². The Morgan fingerprint density at radius 1 is 0.733 bits per heavy atom. The Labute approximate surface area is 180 Å². The van der Waals surface area contributed by atoms with Crippen molar-refractivity contribution in [3.63, 3.8) is 0 Å². The quantitative estimate of drug-likeness (QED) is 0.313. The molecule has 4 aromatic carbocycles. The van der Waals surface area contributed by atoms with E-state index in [4.69, 9.17) is 4.18 Å². The van der Waals surface area contributed by atoms with Gasteiger partial charge in [0.05, 0.1) is 0 Å². The maximum Gasteiger partial charge on any atom is 0.150 e. The maximum absolute atomic E-state index is 11.7. The molecule has 0 aliphatic rings. The number of benzene rings is 4. The highest BCUT2D eigenvalue weighted by Gasteiger charge is 2.43. The Morgan fingerprint density at radius 3 is 1.80 bits per heavy atom. The monoisotopic (exact) mass is 414 g/mol. The smallest absolute Gasteiger partial charge is 0.150 e. The first-order chi connectivity index (χ1) is 14.5. The predicted molar refractivity (Wildman–Crippen MR) is 127 cm³/mol. The van der Waals surface area contributed by atoms with Crippen LogP contribution in [0.4, 0.5) is 0 Å². The molecule has 3 heteroatoms. The molecule has 0 N–H and O–H groups in total. The topological polar surface area (TPSA) is 26.3 Å². The van der Waals surface area contributed by atoms with Crippen molar-refractivity contribution in [2.24, 2.45) is 0 Å². The second-order valence-corrected chi connectivity index (χ2v) is 11.7. The fraction of sp³-hybridized carbons (Fsp3) is 0.148. The molecule has 0 radical (unpaired) electrons. The molecule has 0 amide bonds. The lowest BCUT2D eigenvalue weighted by Crippen LogP contribution is -2.30. The van der Waals surface area contributed by atoms with Gasteiger partial charge in [0.2, 0.25) is 0 Å². The molecular weight excluding hydrogens is 388 g/mol. The highest BCUT2D eigenvalue weighted by molar-refractivity contribution is 8.31. The van der Waals surface area contributed by atoms with Crippen LogP contribution in [0.5, 0.6) is 5.75 Å². The lowest BCUT2D eigenvalue weighted by atomic mass is 10.1. The van der Waals surface area contributed by atoms with Crippen molar-refractivity contribution >= 4 is 27.4 Å². The van der Waals surface area contributed by atoms with Crippen LogP contribution in [0.2, 0.25) is 0 Å². The normalized spacial score (nSPS) is 12.5. The van der Waals surface area contributed by atoms with Crippen molar-refractivity contribution in [3.8, 4) is 5.75 Å². The molecule has 0 unspecified atom stereocenters. The van der Waals surface area contributed by atoms with Gasteiger partial charge in [0.1, 0.15) is 12.0 Å². The van der Waals surface area contributed by atoms with Gasteiger partial charge in [-0.05, 0) is 72.9 Å². The Bertz CT molecular complexity index is 1120. The van der Waals surface area contributed by atoms with Crippen molar-refractivity contribution in [1.82, 2.24) is 0 Å². The molecule has 0 aliphatic heterocycles. The molecule has 4 rings (SSSR count). The van der Waals surface area contributed by atoms with E-state index >= 15 is 0 Å². The van der Waals surface area contributed by atoms with Crippen molar-refractivity contribution < 1.29 is 8.98 Å². The summed E-state index contributed by atoms with van der Waals surface area (Å²) in [5.41, 5.74) is 0.618. The molecule has 152 valence electrons. The number of carbonyl (C=O) groups excluding carboxylic acids is 1. The number of hydrogen-bond acceptors (Lipinski definition) is 2. The fourth-order valence-electron chi connectivity index (χ4n) is 3.86. The standard InChI is InChI=1S/C27H26O2S/c1-27(2,3)30(23-13-6-4-7-14-23,24-15-8-5-9-16-24)29-26-19-21(20-28)18-22-12-10-11-17-25(22)26/h4-20H,1-3H3. The zero-order chi connectivity index (χ0) is 21.2. The van der Waals surface area contributed by atoms with E-state index in [1.54, 1.807) is 0 Å². The minimum atomic E-state index is -1.96. The van der Waals surface area contributed by atoms with Gasteiger partial charge in [0, 0.05) is 25.5 Å². The molecular formula is C27H26O2S. The number of carbonyl (C=O) groups is 1. The summed E-state index contributed by atoms with van der Waals surface area (Å²) in [6.45, 7) is 6.69. The van der Waals surface area contributed by atoms with E-state index in [9.17, 15) is 4.79 Å². The van der Waals surface area contributed by atoms with Gasteiger partial charge < -0.3 is 4.18 Å². The summed E-state index contributed by atoms with van der Waals surface area (Å²) in [6, 6.07) is 32.8. The summed E-state index contributed by atoms with van der Waals surface area (Å²) in [4.78, 5) is 14.0. The van der Waals surface area contributed by atoms with Crippen LogP contribution >= 0.6 is 10.3 Å². The third-order valence-electron chi connectivity index (χ3n) is 5.21. The van der Waals surface area contributed by atoms with E-state index in [2.05, 4.69) is 75.4 Å². The molecule has 0 atom stereocenters. The number of fused-ring (bicyclic) bond motifs is 1. The fourth-order valence-corrected chi connectivity index (χ4v) is 7.47. The second-order valence-electron chi connectivity index (χ2n) is 8.24. The Balaban J connectivity index is 2.03. The molecule has 0 fully saturated rings. The predicted octanol–water partition coefficient (Wildman–Crippen LogP) is 7.67. The summed E-state index contributed by atoms with van der Waals surface area (Å²) in [5, 5.41) is 2.01. The van der Waals surface area contributed by atoms with E-state index < -0.39 is 10.3 Å². The van der Waals surface area contributed by atoms with Gasteiger partial charge in [-0.2, -0.15) is 0 Å². The minimum Gasteiger partial charge on any atom is -0.439 e. The lowest BCUT2D eigenvalue weighted by Gasteiger charge is -2.50. The van der Waals surface area contributed by atoms with Crippen LogP contribution in [-0.2, 0) is 0 Å². The molecule has 4 aromatic rings. The first kappa shape index (κ1) is 20.2. The van der Waals surface area contributed by atoms with Gasteiger partial charge in [0.15, 0.2) is 0 Å². The molecule has 0 saturated heterocycles. The first-order valence-corrected chi connectivity index (χ1v) is 11.6. The van der Waals surface area contributed by atoms with Crippen molar-refractivity contribution in [1.29, 1.82) is 0 Å². The molecule has 0 aromatic heterocycles. The zero-order valence-electron chi connectivity index (χ0n) is 17.5. The zero-order valence-corrected chi connectivity index (χ0v) is 18.4. The number of rotatable bonds is 5. The summed E-state index contributed by atoms with van der Waals surface area (Å²) in [6.07, 6.45) is 0.887. The molecule has 0 heterocycles. The van der Waals surface area contributed by atoms with Crippen LogP contribution in [0.1, 0.15) is 31.1 Å². The van der Waals surface area contributed by atoms with E-state index in [0.29, 0.717) is 5.56 Å². The second kappa shape index (κ2) is 8.00. The molecule has 30 heavy (non-hydrogen) atoms.